The van der Waals surface area contributed by atoms with E-state index in [4.69, 9.17) is 11.0 Å². The first-order chi connectivity index (χ1) is 8.39. The fraction of sp³-hybridized carbons (Fsp3) is 0.533. The maximum absolute atomic E-state index is 8.93. The zero-order valence-electron chi connectivity index (χ0n) is 11.8. The van der Waals surface area contributed by atoms with Crippen molar-refractivity contribution in [3.05, 3.63) is 35.4 Å². The summed E-state index contributed by atoms with van der Waals surface area (Å²) in [6.07, 6.45) is 0. The third-order valence-electron chi connectivity index (χ3n) is 3.39. The van der Waals surface area contributed by atoms with E-state index in [2.05, 4.69) is 44.9 Å². The van der Waals surface area contributed by atoms with E-state index < -0.39 is 0 Å². The molecule has 98 valence electrons. The van der Waals surface area contributed by atoms with E-state index in [1.54, 1.807) is 0 Å². The van der Waals surface area contributed by atoms with Gasteiger partial charge in [-0.15, -0.1) is 0 Å². The fourth-order valence-electron chi connectivity index (χ4n) is 2.00. The zero-order chi connectivity index (χ0) is 13.8. The highest BCUT2D eigenvalue weighted by molar-refractivity contribution is 5.34. The molecule has 0 amide bonds. The lowest BCUT2D eigenvalue weighted by atomic mass is 9.92. The number of nitrogens with zero attached hydrogens (tertiary/aromatic N) is 2. The highest BCUT2D eigenvalue weighted by atomic mass is 15.1. The van der Waals surface area contributed by atoms with Gasteiger partial charge in [0.15, 0.2) is 0 Å². The van der Waals surface area contributed by atoms with Crippen LogP contribution in [0.15, 0.2) is 24.3 Å². The summed E-state index contributed by atoms with van der Waals surface area (Å²) in [6.45, 7) is 8.09. The Balaban J connectivity index is 2.80. The summed E-state index contributed by atoms with van der Waals surface area (Å²) in [7, 11) is 2.10. The molecule has 1 atom stereocenters. The predicted molar refractivity (Wildman–Crippen MR) is 75.0 cm³/mol. The number of hydrogen-bond donors (Lipinski definition) is 1. The SMILES string of the molecule is CC(c1cccc(C#N)c1)N(C)CC(C)(C)CN. The molecule has 0 saturated heterocycles. The van der Waals surface area contributed by atoms with Crippen molar-refractivity contribution >= 4 is 0 Å². The van der Waals surface area contributed by atoms with Crippen molar-refractivity contribution in [3.63, 3.8) is 0 Å². The summed E-state index contributed by atoms with van der Waals surface area (Å²) in [6, 6.07) is 10.3. The second-order valence-corrected chi connectivity index (χ2v) is 5.70. The Morgan fingerprint density at radius 2 is 2.11 bits per heavy atom. The Labute approximate surface area is 110 Å². The molecule has 1 unspecified atom stereocenters. The maximum atomic E-state index is 8.93. The van der Waals surface area contributed by atoms with Gasteiger partial charge in [0.05, 0.1) is 11.6 Å². The van der Waals surface area contributed by atoms with E-state index in [0.29, 0.717) is 12.1 Å². The molecule has 3 nitrogen and oxygen atoms in total. The molecule has 0 heterocycles. The Kier molecular flexibility index (Phi) is 4.89. The maximum Gasteiger partial charge on any atom is 0.0991 e. The molecule has 18 heavy (non-hydrogen) atoms. The summed E-state index contributed by atoms with van der Waals surface area (Å²) in [5, 5.41) is 8.93. The van der Waals surface area contributed by atoms with Crippen molar-refractivity contribution in [2.24, 2.45) is 11.1 Å². The number of benzene rings is 1. The van der Waals surface area contributed by atoms with E-state index in [0.717, 1.165) is 6.54 Å². The van der Waals surface area contributed by atoms with Gasteiger partial charge in [0.1, 0.15) is 0 Å². The van der Waals surface area contributed by atoms with Crippen molar-refractivity contribution < 1.29 is 0 Å². The smallest absolute Gasteiger partial charge is 0.0991 e. The van der Waals surface area contributed by atoms with Gasteiger partial charge in [0, 0.05) is 12.6 Å². The summed E-state index contributed by atoms with van der Waals surface area (Å²) in [4.78, 5) is 2.28. The lowest BCUT2D eigenvalue weighted by Crippen LogP contribution is -2.37. The molecule has 0 aromatic heterocycles. The first-order valence-electron chi connectivity index (χ1n) is 6.30. The minimum absolute atomic E-state index is 0.107. The van der Waals surface area contributed by atoms with Crippen LogP contribution >= 0.6 is 0 Å². The minimum atomic E-state index is 0.107. The van der Waals surface area contributed by atoms with Gasteiger partial charge >= 0.3 is 0 Å². The molecule has 3 heteroatoms. The molecule has 0 radical (unpaired) electrons. The second kappa shape index (κ2) is 5.99. The summed E-state index contributed by atoms with van der Waals surface area (Å²) in [5.41, 5.74) is 7.76. The van der Waals surface area contributed by atoms with E-state index in [1.165, 1.54) is 5.56 Å². The van der Waals surface area contributed by atoms with Crippen LogP contribution in [-0.4, -0.2) is 25.0 Å². The molecule has 0 aliphatic carbocycles. The van der Waals surface area contributed by atoms with Crippen molar-refractivity contribution in [1.29, 1.82) is 5.26 Å². The Morgan fingerprint density at radius 1 is 1.44 bits per heavy atom. The average molecular weight is 245 g/mol. The van der Waals surface area contributed by atoms with Crippen LogP contribution in [0.1, 0.15) is 37.9 Å². The van der Waals surface area contributed by atoms with Crippen LogP contribution in [0.5, 0.6) is 0 Å². The zero-order valence-corrected chi connectivity index (χ0v) is 11.8. The Morgan fingerprint density at radius 3 is 2.67 bits per heavy atom. The largest absolute Gasteiger partial charge is 0.330 e. The van der Waals surface area contributed by atoms with Gasteiger partial charge in [0.2, 0.25) is 0 Å². The van der Waals surface area contributed by atoms with E-state index >= 15 is 0 Å². The van der Waals surface area contributed by atoms with Gasteiger partial charge in [-0.1, -0.05) is 26.0 Å². The molecular formula is C15H23N3. The van der Waals surface area contributed by atoms with Crippen LogP contribution in [0.25, 0.3) is 0 Å². The van der Waals surface area contributed by atoms with Gasteiger partial charge < -0.3 is 5.73 Å². The van der Waals surface area contributed by atoms with E-state index in [1.807, 2.05) is 18.2 Å². The molecule has 0 spiro atoms. The third kappa shape index (κ3) is 3.83. The van der Waals surface area contributed by atoms with Gasteiger partial charge in [-0.3, -0.25) is 4.90 Å². The molecule has 0 aliphatic rings. The van der Waals surface area contributed by atoms with Crippen LogP contribution in [-0.2, 0) is 0 Å². The Hall–Kier alpha value is -1.37. The molecule has 1 rings (SSSR count). The highest BCUT2D eigenvalue weighted by Gasteiger charge is 2.21. The molecule has 0 fully saturated rings. The average Bonchev–Trinajstić information content (AvgIpc) is 2.37. The molecular weight excluding hydrogens is 222 g/mol. The lowest BCUT2D eigenvalue weighted by Gasteiger charge is -2.33. The third-order valence-corrected chi connectivity index (χ3v) is 3.39. The fourth-order valence-corrected chi connectivity index (χ4v) is 2.00. The number of hydrogen-bond acceptors (Lipinski definition) is 3. The topological polar surface area (TPSA) is 53.0 Å². The van der Waals surface area contributed by atoms with Crippen LogP contribution < -0.4 is 5.73 Å². The van der Waals surface area contributed by atoms with Gasteiger partial charge in [-0.25, -0.2) is 0 Å². The highest BCUT2D eigenvalue weighted by Crippen LogP contribution is 2.23. The number of nitriles is 1. The first-order valence-corrected chi connectivity index (χ1v) is 6.30. The van der Waals surface area contributed by atoms with Crippen LogP contribution in [0.3, 0.4) is 0 Å². The molecule has 0 aliphatic heterocycles. The van der Waals surface area contributed by atoms with Crippen molar-refractivity contribution in [3.8, 4) is 6.07 Å². The van der Waals surface area contributed by atoms with Gasteiger partial charge in [-0.2, -0.15) is 5.26 Å². The van der Waals surface area contributed by atoms with Gasteiger partial charge in [-0.05, 0) is 43.6 Å². The van der Waals surface area contributed by atoms with E-state index in [9.17, 15) is 0 Å². The standard InChI is InChI=1S/C15H23N3/c1-12(18(4)11-15(2,3)10-17)14-7-5-6-13(8-14)9-16/h5-8,12H,10-11,17H2,1-4H3. The molecule has 0 saturated carbocycles. The lowest BCUT2D eigenvalue weighted by molar-refractivity contribution is 0.174. The van der Waals surface area contributed by atoms with Crippen LogP contribution in [0.2, 0.25) is 0 Å². The van der Waals surface area contributed by atoms with E-state index in [-0.39, 0.29) is 11.5 Å². The van der Waals surface area contributed by atoms with Crippen molar-refractivity contribution in [2.75, 3.05) is 20.1 Å². The second-order valence-electron chi connectivity index (χ2n) is 5.70. The van der Waals surface area contributed by atoms with Crippen molar-refractivity contribution in [2.45, 2.75) is 26.8 Å². The normalized spacial score (nSPS) is 13.4. The monoisotopic (exact) mass is 245 g/mol. The van der Waals surface area contributed by atoms with Gasteiger partial charge in [0.25, 0.3) is 0 Å². The van der Waals surface area contributed by atoms with Crippen molar-refractivity contribution in [1.82, 2.24) is 4.90 Å². The minimum Gasteiger partial charge on any atom is -0.330 e. The first kappa shape index (κ1) is 14.7. The summed E-state index contributed by atoms with van der Waals surface area (Å²) >= 11 is 0. The molecule has 2 N–H and O–H groups in total. The van der Waals surface area contributed by atoms with Crippen LogP contribution in [0, 0.1) is 16.7 Å². The number of nitrogens with two attached hydrogens (primary N) is 1. The Bertz CT molecular complexity index is 432. The number of rotatable bonds is 5. The summed E-state index contributed by atoms with van der Waals surface area (Å²) < 4.78 is 0. The quantitative estimate of drug-likeness (QED) is 0.867. The predicted octanol–water partition coefficient (Wildman–Crippen LogP) is 2.54. The molecule has 1 aromatic rings. The molecule has 0 bridgehead atoms. The molecule has 1 aromatic carbocycles. The van der Waals surface area contributed by atoms with Crippen LogP contribution in [0.4, 0.5) is 0 Å². The summed E-state index contributed by atoms with van der Waals surface area (Å²) in [5.74, 6) is 0.